The molecule has 0 amide bonds. The predicted octanol–water partition coefficient (Wildman–Crippen LogP) is 2.02. The van der Waals surface area contributed by atoms with Crippen molar-refractivity contribution in [3.63, 3.8) is 0 Å². The minimum absolute atomic E-state index is 0.0784. The quantitative estimate of drug-likeness (QED) is 0.768. The highest BCUT2D eigenvalue weighted by Gasteiger charge is 2.17. The Morgan fingerprint density at radius 3 is 2.53 bits per heavy atom. The number of halogens is 1. The molecule has 0 radical (unpaired) electrons. The maximum absolute atomic E-state index is 11.2. The smallest absolute Gasteiger partial charge is 0.265 e. The summed E-state index contributed by atoms with van der Waals surface area (Å²) in [4.78, 5) is -0.0784. The SMILES string of the molecule is CCOc1ccc(OC)cc1S(=O)(=O)Cl. The molecule has 0 unspecified atom stereocenters. The summed E-state index contributed by atoms with van der Waals surface area (Å²) in [7, 11) is 2.89. The molecule has 0 aliphatic heterocycles. The molecule has 15 heavy (non-hydrogen) atoms. The van der Waals surface area contributed by atoms with Crippen molar-refractivity contribution in [1.82, 2.24) is 0 Å². The van der Waals surface area contributed by atoms with E-state index in [-0.39, 0.29) is 10.6 Å². The fourth-order valence-electron chi connectivity index (χ4n) is 1.08. The van der Waals surface area contributed by atoms with Gasteiger partial charge in [0.25, 0.3) is 9.05 Å². The molecular weight excluding hydrogens is 240 g/mol. The topological polar surface area (TPSA) is 52.6 Å². The molecule has 0 aromatic heterocycles. The van der Waals surface area contributed by atoms with E-state index in [1.807, 2.05) is 0 Å². The Morgan fingerprint density at radius 2 is 2.07 bits per heavy atom. The van der Waals surface area contributed by atoms with Crippen molar-refractivity contribution < 1.29 is 17.9 Å². The maximum atomic E-state index is 11.2. The van der Waals surface area contributed by atoms with Crippen LogP contribution in [0.15, 0.2) is 23.1 Å². The van der Waals surface area contributed by atoms with Crippen molar-refractivity contribution in [1.29, 1.82) is 0 Å². The molecule has 0 heterocycles. The molecule has 0 fully saturated rings. The maximum Gasteiger partial charge on any atom is 0.265 e. The molecule has 4 nitrogen and oxygen atoms in total. The van der Waals surface area contributed by atoms with E-state index in [9.17, 15) is 8.42 Å². The molecule has 0 bridgehead atoms. The van der Waals surface area contributed by atoms with Gasteiger partial charge in [-0.2, -0.15) is 0 Å². The predicted molar refractivity (Wildman–Crippen MR) is 57.2 cm³/mol. The summed E-state index contributed by atoms with van der Waals surface area (Å²) in [5, 5.41) is 0. The summed E-state index contributed by atoms with van der Waals surface area (Å²) in [6.45, 7) is 2.13. The Morgan fingerprint density at radius 1 is 1.40 bits per heavy atom. The van der Waals surface area contributed by atoms with Crippen molar-refractivity contribution in [3.8, 4) is 11.5 Å². The van der Waals surface area contributed by atoms with Crippen LogP contribution in [0.5, 0.6) is 11.5 Å². The van der Waals surface area contributed by atoms with Gasteiger partial charge in [0.05, 0.1) is 13.7 Å². The second-order valence-corrected chi connectivity index (χ2v) is 5.22. The van der Waals surface area contributed by atoms with Crippen molar-refractivity contribution in [2.75, 3.05) is 13.7 Å². The second kappa shape index (κ2) is 4.72. The number of benzene rings is 1. The van der Waals surface area contributed by atoms with Gasteiger partial charge in [0, 0.05) is 16.7 Å². The van der Waals surface area contributed by atoms with E-state index in [0.29, 0.717) is 12.4 Å². The van der Waals surface area contributed by atoms with Gasteiger partial charge in [0.15, 0.2) is 0 Å². The zero-order valence-corrected chi connectivity index (χ0v) is 9.93. The van der Waals surface area contributed by atoms with Crippen LogP contribution in [0, 0.1) is 0 Å². The van der Waals surface area contributed by atoms with Gasteiger partial charge in [0.2, 0.25) is 0 Å². The molecule has 1 aromatic carbocycles. The van der Waals surface area contributed by atoms with Crippen LogP contribution in [0.2, 0.25) is 0 Å². The molecule has 84 valence electrons. The van der Waals surface area contributed by atoms with E-state index in [1.165, 1.54) is 19.2 Å². The molecule has 0 saturated carbocycles. The number of ether oxygens (including phenoxy) is 2. The van der Waals surface area contributed by atoms with E-state index in [0.717, 1.165) is 0 Å². The van der Waals surface area contributed by atoms with Crippen molar-refractivity contribution in [3.05, 3.63) is 18.2 Å². The van der Waals surface area contributed by atoms with Crippen LogP contribution < -0.4 is 9.47 Å². The summed E-state index contributed by atoms with van der Waals surface area (Å²) >= 11 is 0. The van der Waals surface area contributed by atoms with Gasteiger partial charge >= 0.3 is 0 Å². The first-order chi connectivity index (χ1) is 6.99. The van der Waals surface area contributed by atoms with Crippen LogP contribution in [-0.2, 0) is 9.05 Å². The number of hydrogen-bond acceptors (Lipinski definition) is 4. The third-order valence-electron chi connectivity index (χ3n) is 1.71. The molecule has 0 aliphatic carbocycles. The van der Waals surface area contributed by atoms with Gasteiger partial charge in [-0.1, -0.05) is 0 Å². The molecule has 0 spiro atoms. The van der Waals surface area contributed by atoms with Crippen LogP contribution in [-0.4, -0.2) is 22.1 Å². The first kappa shape index (κ1) is 12.1. The average molecular weight is 251 g/mol. The standard InChI is InChI=1S/C9H11ClO4S/c1-3-14-8-5-4-7(13-2)6-9(8)15(10,11)12/h4-6H,3H2,1-2H3. The van der Waals surface area contributed by atoms with Crippen molar-refractivity contribution in [2.24, 2.45) is 0 Å². The van der Waals surface area contributed by atoms with Gasteiger partial charge in [-0.15, -0.1) is 0 Å². The Kier molecular flexibility index (Phi) is 3.82. The summed E-state index contributed by atoms with van der Waals surface area (Å²) in [6.07, 6.45) is 0. The largest absolute Gasteiger partial charge is 0.497 e. The fourth-order valence-corrected chi connectivity index (χ4v) is 2.07. The average Bonchev–Trinajstić information content (AvgIpc) is 2.17. The van der Waals surface area contributed by atoms with Gasteiger partial charge in [-0.05, 0) is 19.1 Å². The summed E-state index contributed by atoms with van der Waals surface area (Å²) < 4.78 is 32.5. The van der Waals surface area contributed by atoms with E-state index < -0.39 is 9.05 Å². The fraction of sp³-hybridized carbons (Fsp3) is 0.333. The molecular formula is C9H11ClO4S. The first-order valence-corrected chi connectivity index (χ1v) is 6.55. The Hall–Kier alpha value is -0.940. The van der Waals surface area contributed by atoms with Crippen LogP contribution in [0.4, 0.5) is 0 Å². The lowest BCUT2D eigenvalue weighted by molar-refractivity contribution is 0.329. The Balaban J connectivity index is 3.29. The highest BCUT2D eigenvalue weighted by Crippen LogP contribution is 2.30. The number of hydrogen-bond donors (Lipinski definition) is 0. The van der Waals surface area contributed by atoms with Gasteiger partial charge < -0.3 is 9.47 Å². The minimum atomic E-state index is -3.82. The van der Waals surface area contributed by atoms with Crippen LogP contribution in [0.1, 0.15) is 6.92 Å². The molecule has 0 saturated heterocycles. The highest BCUT2D eigenvalue weighted by molar-refractivity contribution is 8.13. The van der Waals surface area contributed by atoms with Crippen LogP contribution in [0.25, 0.3) is 0 Å². The lowest BCUT2D eigenvalue weighted by atomic mass is 10.3. The molecule has 0 aliphatic rings. The van der Waals surface area contributed by atoms with E-state index in [2.05, 4.69) is 0 Å². The minimum Gasteiger partial charge on any atom is -0.497 e. The lowest BCUT2D eigenvalue weighted by Gasteiger charge is -2.09. The molecule has 0 N–H and O–H groups in total. The highest BCUT2D eigenvalue weighted by atomic mass is 35.7. The van der Waals surface area contributed by atoms with Gasteiger partial charge in [0.1, 0.15) is 16.4 Å². The zero-order chi connectivity index (χ0) is 11.5. The van der Waals surface area contributed by atoms with Gasteiger partial charge in [-0.25, -0.2) is 8.42 Å². The van der Waals surface area contributed by atoms with E-state index in [4.69, 9.17) is 20.2 Å². The lowest BCUT2D eigenvalue weighted by Crippen LogP contribution is -2.00. The Labute approximate surface area is 93.2 Å². The summed E-state index contributed by atoms with van der Waals surface area (Å²) in [5.41, 5.74) is 0. The molecule has 1 aromatic rings. The van der Waals surface area contributed by atoms with E-state index >= 15 is 0 Å². The second-order valence-electron chi connectivity index (χ2n) is 2.68. The normalized spacial score (nSPS) is 11.1. The summed E-state index contributed by atoms with van der Waals surface area (Å²) in [5.74, 6) is 0.644. The van der Waals surface area contributed by atoms with Crippen molar-refractivity contribution >= 4 is 19.7 Å². The van der Waals surface area contributed by atoms with Crippen LogP contribution >= 0.6 is 10.7 Å². The molecule has 0 atom stereocenters. The monoisotopic (exact) mass is 250 g/mol. The number of rotatable bonds is 4. The first-order valence-electron chi connectivity index (χ1n) is 4.24. The third-order valence-corrected chi connectivity index (χ3v) is 3.06. The third kappa shape index (κ3) is 3.00. The molecule has 6 heteroatoms. The zero-order valence-electron chi connectivity index (χ0n) is 8.36. The van der Waals surface area contributed by atoms with Crippen molar-refractivity contribution in [2.45, 2.75) is 11.8 Å². The number of methoxy groups -OCH3 is 1. The van der Waals surface area contributed by atoms with Gasteiger partial charge in [-0.3, -0.25) is 0 Å². The molecule has 1 rings (SSSR count). The van der Waals surface area contributed by atoms with E-state index in [1.54, 1.807) is 13.0 Å². The summed E-state index contributed by atoms with van der Waals surface area (Å²) in [6, 6.07) is 4.45. The Bertz CT molecular complexity index is 441. The van der Waals surface area contributed by atoms with Crippen LogP contribution in [0.3, 0.4) is 0 Å².